The van der Waals surface area contributed by atoms with Crippen LogP contribution in [-0.4, -0.2) is 22.0 Å². The van der Waals surface area contributed by atoms with E-state index in [1.165, 1.54) is 64.2 Å². The first-order valence-electron chi connectivity index (χ1n) is 12.6. The fraction of sp³-hybridized carbons (Fsp3) is 0.741. The second kappa shape index (κ2) is 16.5. The average Bonchev–Trinajstić information content (AvgIpc) is 2.76. The Labute approximate surface area is 196 Å². The van der Waals surface area contributed by atoms with Crippen molar-refractivity contribution >= 4 is 23.4 Å². The maximum atomic E-state index is 13.0. The predicted molar refractivity (Wildman–Crippen MR) is 139 cm³/mol. The monoisotopic (exact) mass is 449 g/mol. The van der Waals surface area contributed by atoms with Crippen LogP contribution in [0.1, 0.15) is 114 Å². The Morgan fingerprint density at radius 2 is 1.42 bits per heavy atom. The summed E-state index contributed by atoms with van der Waals surface area (Å²) in [6.45, 7) is 10.2. The topological polar surface area (TPSA) is 49.3 Å². The van der Waals surface area contributed by atoms with Gasteiger partial charge in [0.15, 0.2) is 0 Å². The first-order valence-corrected chi connectivity index (χ1v) is 13.7. The van der Waals surface area contributed by atoms with E-state index in [1.54, 1.807) is 0 Å². The van der Waals surface area contributed by atoms with Gasteiger partial charge in [-0.1, -0.05) is 84.5 Å². The third kappa shape index (κ3) is 10.8. The molecule has 1 amide bonds. The van der Waals surface area contributed by atoms with Crippen molar-refractivity contribution in [1.29, 1.82) is 0 Å². The lowest BCUT2D eigenvalue weighted by Crippen LogP contribution is -2.26. The van der Waals surface area contributed by atoms with Crippen molar-refractivity contribution in [3.8, 4) is 5.75 Å². The Bertz CT molecular complexity index is 645. The number of hydrogen-bond acceptors (Lipinski definition) is 3. The van der Waals surface area contributed by atoms with E-state index in [4.69, 9.17) is 0 Å². The van der Waals surface area contributed by atoms with Gasteiger partial charge in [0, 0.05) is 5.69 Å². The van der Waals surface area contributed by atoms with Crippen LogP contribution in [0.4, 0.5) is 5.69 Å². The second-order valence-electron chi connectivity index (χ2n) is 9.01. The van der Waals surface area contributed by atoms with Gasteiger partial charge in [0.05, 0.1) is 5.25 Å². The molecule has 1 atom stereocenters. The Kier molecular flexibility index (Phi) is 14.8. The maximum Gasteiger partial charge on any atom is 0.237 e. The molecule has 0 aliphatic carbocycles. The first kappa shape index (κ1) is 27.9. The van der Waals surface area contributed by atoms with E-state index in [0.717, 1.165) is 47.4 Å². The summed E-state index contributed by atoms with van der Waals surface area (Å²) in [5.41, 5.74) is 3.43. The second-order valence-corrected chi connectivity index (χ2v) is 10.3. The lowest BCUT2D eigenvalue weighted by atomic mass is 10.0. The van der Waals surface area contributed by atoms with E-state index in [2.05, 4.69) is 19.2 Å². The van der Waals surface area contributed by atoms with Crippen molar-refractivity contribution in [2.45, 2.75) is 123 Å². The number of phenols is 1. The Morgan fingerprint density at radius 3 is 2.00 bits per heavy atom. The lowest BCUT2D eigenvalue weighted by molar-refractivity contribution is -0.115. The van der Waals surface area contributed by atoms with Crippen LogP contribution in [0, 0.1) is 20.8 Å². The zero-order valence-corrected chi connectivity index (χ0v) is 21.6. The van der Waals surface area contributed by atoms with Crippen LogP contribution in [0.3, 0.4) is 0 Å². The minimum Gasteiger partial charge on any atom is -0.507 e. The highest BCUT2D eigenvalue weighted by molar-refractivity contribution is 8.00. The molecule has 0 saturated carbocycles. The number of nitrogens with one attached hydrogen (secondary N) is 1. The molecule has 0 aromatic heterocycles. The third-order valence-corrected chi connectivity index (χ3v) is 7.62. The van der Waals surface area contributed by atoms with Crippen LogP contribution in [-0.2, 0) is 4.79 Å². The highest BCUT2D eigenvalue weighted by Crippen LogP contribution is 2.31. The number of hydrogen-bond donors (Lipinski definition) is 2. The summed E-state index contributed by atoms with van der Waals surface area (Å²) in [7, 11) is 0. The molecular weight excluding hydrogens is 402 g/mol. The molecule has 0 radical (unpaired) electrons. The number of rotatable bonds is 17. The summed E-state index contributed by atoms with van der Waals surface area (Å²) in [4.78, 5) is 13.0. The van der Waals surface area contributed by atoms with E-state index in [0.29, 0.717) is 5.75 Å². The summed E-state index contributed by atoms with van der Waals surface area (Å²) >= 11 is 1.82. The van der Waals surface area contributed by atoms with Gasteiger partial charge in [0.2, 0.25) is 5.91 Å². The molecule has 1 aromatic carbocycles. The van der Waals surface area contributed by atoms with Gasteiger partial charge in [-0.2, -0.15) is 0 Å². The quantitative estimate of drug-likeness (QED) is 0.185. The molecule has 0 aliphatic heterocycles. The minimum atomic E-state index is 0.00679. The fourth-order valence-corrected chi connectivity index (χ4v) is 5.11. The van der Waals surface area contributed by atoms with Crippen molar-refractivity contribution in [3.63, 3.8) is 0 Å². The standard InChI is InChI=1S/C27H47NO2S/c1-6-8-10-11-12-13-14-15-16-17-19-31-25(18-9-7-2)27(30)28-24-20-21(3)26(29)23(5)22(24)4/h20,25,29H,6-19H2,1-5H3,(H,28,30). The van der Waals surface area contributed by atoms with E-state index in [9.17, 15) is 9.90 Å². The smallest absolute Gasteiger partial charge is 0.237 e. The molecule has 0 heterocycles. The van der Waals surface area contributed by atoms with Gasteiger partial charge < -0.3 is 10.4 Å². The summed E-state index contributed by atoms with van der Waals surface area (Å²) in [6.07, 6.45) is 16.6. The van der Waals surface area contributed by atoms with Crippen LogP contribution in [0.25, 0.3) is 0 Å². The van der Waals surface area contributed by atoms with E-state index in [-0.39, 0.29) is 11.2 Å². The number of aromatic hydroxyl groups is 1. The Balaban J connectivity index is 2.40. The molecule has 4 heteroatoms. The van der Waals surface area contributed by atoms with Gasteiger partial charge in [-0.05, 0) is 62.1 Å². The number of amides is 1. The number of aryl methyl sites for hydroxylation is 1. The molecule has 0 fully saturated rings. The molecule has 1 unspecified atom stereocenters. The fourth-order valence-electron chi connectivity index (χ4n) is 3.91. The molecule has 2 N–H and O–H groups in total. The summed E-state index contributed by atoms with van der Waals surface area (Å²) in [5.74, 6) is 1.50. The molecule has 178 valence electrons. The number of carbonyl (C=O) groups excluding carboxylic acids is 1. The van der Waals surface area contributed by atoms with Crippen molar-refractivity contribution in [2.75, 3.05) is 11.1 Å². The maximum absolute atomic E-state index is 13.0. The largest absolute Gasteiger partial charge is 0.507 e. The van der Waals surface area contributed by atoms with Gasteiger partial charge in [0.1, 0.15) is 5.75 Å². The molecule has 1 aromatic rings. The van der Waals surface area contributed by atoms with Crippen LogP contribution in [0.2, 0.25) is 0 Å². The number of unbranched alkanes of at least 4 members (excludes halogenated alkanes) is 10. The summed E-state index contributed by atoms with van der Waals surface area (Å²) < 4.78 is 0. The molecular formula is C27H47NO2S. The zero-order chi connectivity index (χ0) is 23.1. The summed E-state index contributed by atoms with van der Waals surface area (Å²) in [6, 6.07) is 1.89. The predicted octanol–water partition coefficient (Wildman–Crippen LogP) is 8.47. The number of phenolic OH excluding ortho intramolecular Hbond substituents is 1. The zero-order valence-electron chi connectivity index (χ0n) is 20.8. The number of benzene rings is 1. The molecule has 31 heavy (non-hydrogen) atoms. The van der Waals surface area contributed by atoms with E-state index in [1.807, 2.05) is 38.6 Å². The van der Waals surface area contributed by atoms with Crippen LogP contribution in [0.15, 0.2) is 6.07 Å². The van der Waals surface area contributed by atoms with Crippen molar-refractivity contribution in [2.24, 2.45) is 0 Å². The minimum absolute atomic E-state index is 0.00679. The average molecular weight is 450 g/mol. The van der Waals surface area contributed by atoms with Crippen molar-refractivity contribution < 1.29 is 9.90 Å². The third-order valence-electron chi connectivity index (χ3n) is 6.24. The van der Waals surface area contributed by atoms with Crippen LogP contribution in [0.5, 0.6) is 5.75 Å². The van der Waals surface area contributed by atoms with Gasteiger partial charge in [-0.3, -0.25) is 4.79 Å². The van der Waals surface area contributed by atoms with Gasteiger partial charge in [0.25, 0.3) is 0 Å². The van der Waals surface area contributed by atoms with Crippen molar-refractivity contribution in [1.82, 2.24) is 0 Å². The Morgan fingerprint density at radius 1 is 0.871 bits per heavy atom. The SMILES string of the molecule is CCCCCCCCCCCCSC(CCCC)C(=O)Nc1cc(C)c(O)c(C)c1C. The van der Waals surface area contributed by atoms with Gasteiger partial charge >= 0.3 is 0 Å². The number of thioether (sulfide) groups is 1. The highest BCUT2D eigenvalue weighted by atomic mass is 32.2. The highest BCUT2D eigenvalue weighted by Gasteiger charge is 2.20. The number of carbonyl (C=O) groups is 1. The molecule has 0 bridgehead atoms. The number of anilines is 1. The Hall–Kier alpha value is -1.16. The van der Waals surface area contributed by atoms with Crippen LogP contribution < -0.4 is 5.32 Å². The molecule has 3 nitrogen and oxygen atoms in total. The van der Waals surface area contributed by atoms with E-state index < -0.39 is 0 Å². The summed E-state index contributed by atoms with van der Waals surface area (Å²) in [5, 5.41) is 13.3. The molecule has 0 spiro atoms. The molecule has 0 aliphatic rings. The van der Waals surface area contributed by atoms with Crippen LogP contribution >= 0.6 is 11.8 Å². The van der Waals surface area contributed by atoms with Gasteiger partial charge in [-0.25, -0.2) is 0 Å². The van der Waals surface area contributed by atoms with E-state index >= 15 is 0 Å². The lowest BCUT2D eigenvalue weighted by Gasteiger charge is -2.19. The molecule has 1 rings (SSSR count). The van der Waals surface area contributed by atoms with Gasteiger partial charge in [-0.15, -0.1) is 11.8 Å². The van der Waals surface area contributed by atoms with Crippen molar-refractivity contribution in [3.05, 3.63) is 22.8 Å². The first-order chi connectivity index (χ1) is 14.9. The normalized spacial score (nSPS) is 12.2. The molecule has 0 saturated heterocycles.